The standard InChI is InChI=1S/C10H22ClN/c1-9(2)5-6-12(4)8-10(3)7-11/h9-10H,5-8H2,1-4H3. The first-order chi connectivity index (χ1) is 5.56. The lowest BCUT2D eigenvalue weighted by Crippen LogP contribution is -2.26. The molecule has 0 aromatic carbocycles. The first-order valence-corrected chi connectivity index (χ1v) is 5.34. The number of hydrogen-bond donors (Lipinski definition) is 0. The molecule has 1 atom stereocenters. The number of hydrogen-bond acceptors (Lipinski definition) is 1. The maximum atomic E-state index is 5.73. The Morgan fingerprint density at radius 1 is 1.25 bits per heavy atom. The van der Waals surface area contributed by atoms with E-state index in [2.05, 4.69) is 32.7 Å². The van der Waals surface area contributed by atoms with Crippen molar-refractivity contribution < 1.29 is 0 Å². The molecule has 0 aliphatic heterocycles. The fourth-order valence-corrected chi connectivity index (χ4v) is 1.25. The second kappa shape index (κ2) is 6.73. The molecule has 0 bridgehead atoms. The van der Waals surface area contributed by atoms with Gasteiger partial charge in [0.1, 0.15) is 0 Å². The number of halogens is 1. The average molecular weight is 192 g/mol. The van der Waals surface area contributed by atoms with Gasteiger partial charge >= 0.3 is 0 Å². The third kappa shape index (κ3) is 6.93. The molecule has 0 aromatic rings. The molecule has 0 aliphatic carbocycles. The lowest BCUT2D eigenvalue weighted by atomic mass is 10.1. The first-order valence-electron chi connectivity index (χ1n) is 4.80. The Bertz CT molecular complexity index is 104. The molecule has 0 N–H and O–H groups in total. The molecular formula is C10H22ClN. The van der Waals surface area contributed by atoms with Gasteiger partial charge in [0, 0.05) is 12.4 Å². The van der Waals surface area contributed by atoms with Crippen molar-refractivity contribution in [1.29, 1.82) is 0 Å². The van der Waals surface area contributed by atoms with Crippen molar-refractivity contribution in [2.75, 3.05) is 26.0 Å². The molecule has 0 aliphatic rings. The Hall–Kier alpha value is 0.250. The van der Waals surface area contributed by atoms with Gasteiger partial charge in [0.2, 0.25) is 0 Å². The van der Waals surface area contributed by atoms with Crippen LogP contribution in [0.4, 0.5) is 0 Å². The zero-order chi connectivity index (χ0) is 9.56. The summed E-state index contributed by atoms with van der Waals surface area (Å²) in [7, 11) is 2.17. The predicted octanol–water partition coefficient (Wildman–Crippen LogP) is 2.84. The first kappa shape index (κ1) is 12.2. The highest BCUT2D eigenvalue weighted by atomic mass is 35.5. The Balaban J connectivity index is 3.39. The molecule has 2 heteroatoms. The molecule has 74 valence electrons. The van der Waals surface area contributed by atoms with Crippen LogP contribution in [0.5, 0.6) is 0 Å². The SMILES string of the molecule is CC(C)CCN(C)CC(C)CCl. The molecule has 1 unspecified atom stereocenters. The fraction of sp³-hybridized carbons (Fsp3) is 1.00. The molecule has 12 heavy (non-hydrogen) atoms. The highest BCUT2D eigenvalue weighted by Crippen LogP contribution is 2.04. The molecule has 1 nitrogen and oxygen atoms in total. The molecule has 0 saturated heterocycles. The third-order valence-electron chi connectivity index (χ3n) is 1.97. The lowest BCUT2D eigenvalue weighted by Gasteiger charge is -2.20. The summed E-state index contributed by atoms with van der Waals surface area (Å²) in [5.41, 5.74) is 0. The van der Waals surface area contributed by atoms with Crippen LogP contribution in [0, 0.1) is 11.8 Å². The second-order valence-corrected chi connectivity index (χ2v) is 4.51. The van der Waals surface area contributed by atoms with Crippen LogP contribution in [-0.4, -0.2) is 30.9 Å². The highest BCUT2D eigenvalue weighted by molar-refractivity contribution is 6.18. The lowest BCUT2D eigenvalue weighted by molar-refractivity contribution is 0.279. The number of nitrogens with zero attached hydrogens (tertiary/aromatic N) is 1. The third-order valence-corrected chi connectivity index (χ3v) is 2.50. The predicted molar refractivity (Wildman–Crippen MR) is 56.8 cm³/mol. The van der Waals surface area contributed by atoms with Gasteiger partial charge in [-0.05, 0) is 31.8 Å². The van der Waals surface area contributed by atoms with E-state index >= 15 is 0 Å². The number of alkyl halides is 1. The topological polar surface area (TPSA) is 3.24 Å². The van der Waals surface area contributed by atoms with Crippen molar-refractivity contribution in [1.82, 2.24) is 4.90 Å². The van der Waals surface area contributed by atoms with E-state index in [1.54, 1.807) is 0 Å². The van der Waals surface area contributed by atoms with Crippen LogP contribution in [0.1, 0.15) is 27.2 Å². The Morgan fingerprint density at radius 3 is 2.25 bits per heavy atom. The van der Waals surface area contributed by atoms with E-state index < -0.39 is 0 Å². The molecule has 0 aromatic heterocycles. The number of rotatable bonds is 6. The summed E-state index contributed by atoms with van der Waals surface area (Å²) < 4.78 is 0. The fourth-order valence-electron chi connectivity index (χ4n) is 1.15. The van der Waals surface area contributed by atoms with Gasteiger partial charge in [-0.25, -0.2) is 0 Å². The smallest absolute Gasteiger partial charge is 0.0261 e. The van der Waals surface area contributed by atoms with Crippen molar-refractivity contribution in [3.05, 3.63) is 0 Å². The summed E-state index contributed by atoms with van der Waals surface area (Å²) in [6.45, 7) is 9.03. The van der Waals surface area contributed by atoms with E-state index in [0.29, 0.717) is 5.92 Å². The van der Waals surface area contributed by atoms with E-state index in [0.717, 1.165) is 18.3 Å². The summed E-state index contributed by atoms with van der Waals surface area (Å²) in [6, 6.07) is 0. The molecule has 0 heterocycles. The monoisotopic (exact) mass is 191 g/mol. The van der Waals surface area contributed by atoms with Gasteiger partial charge in [-0.2, -0.15) is 0 Å². The summed E-state index contributed by atoms with van der Waals surface area (Å²) in [5, 5.41) is 0. The van der Waals surface area contributed by atoms with Crippen molar-refractivity contribution in [3.8, 4) is 0 Å². The van der Waals surface area contributed by atoms with Crippen LogP contribution in [0.3, 0.4) is 0 Å². The van der Waals surface area contributed by atoms with Crippen molar-refractivity contribution >= 4 is 11.6 Å². The molecule has 0 saturated carbocycles. The molecule has 0 spiro atoms. The van der Waals surface area contributed by atoms with Gasteiger partial charge in [0.05, 0.1) is 0 Å². The average Bonchev–Trinajstić information content (AvgIpc) is 2.00. The zero-order valence-corrected chi connectivity index (χ0v) is 9.56. The van der Waals surface area contributed by atoms with E-state index in [1.807, 2.05) is 0 Å². The molecule has 0 radical (unpaired) electrons. The molecule has 0 fully saturated rings. The van der Waals surface area contributed by atoms with Crippen molar-refractivity contribution in [2.24, 2.45) is 11.8 Å². The minimum absolute atomic E-state index is 0.615. The largest absolute Gasteiger partial charge is 0.306 e. The van der Waals surface area contributed by atoms with E-state index in [4.69, 9.17) is 11.6 Å². The van der Waals surface area contributed by atoms with Crippen molar-refractivity contribution in [2.45, 2.75) is 27.2 Å². The maximum absolute atomic E-state index is 5.73. The van der Waals surface area contributed by atoms with Crippen LogP contribution < -0.4 is 0 Å². The zero-order valence-electron chi connectivity index (χ0n) is 8.81. The van der Waals surface area contributed by atoms with Gasteiger partial charge in [0.15, 0.2) is 0 Å². The normalized spacial score (nSPS) is 14.2. The Labute approximate surface area is 82.1 Å². The van der Waals surface area contributed by atoms with Gasteiger partial charge < -0.3 is 4.90 Å². The van der Waals surface area contributed by atoms with Gasteiger partial charge in [-0.3, -0.25) is 0 Å². The van der Waals surface area contributed by atoms with E-state index in [1.165, 1.54) is 13.0 Å². The van der Waals surface area contributed by atoms with Crippen molar-refractivity contribution in [3.63, 3.8) is 0 Å². The Kier molecular flexibility index (Phi) is 6.87. The van der Waals surface area contributed by atoms with Crippen LogP contribution >= 0.6 is 11.6 Å². The maximum Gasteiger partial charge on any atom is 0.0261 e. The summed E-state index contributed by atoms with van der Waals surface area (Å²) >= 11 is 5.73. The van der Waals surface area contributed by atoms with Crippen LogP contribution in [0.2, 0.25) is 0 Å². The quantitative estimate of drug-likeness (QED) is 0.584. The Morgan fingerprint density at radius 2 is 1.83 bits per heavy atom. The minimum atomic E-state index is 0.615. The van der Waals surface area contributed by atoms with Gasteiger partial charge in [0.25, 0.3) is 0 Å². The summed E-state index contributed by atoms with van der Waals surface area (Å²) in [5.74, 6) is 2.19. The highest BCUT2D eigenvalue weighted by Gasteiger charge is 2.05. The summed E-state index contributed by atoms with van der Waals surface area (Å²) in [4.78, 5) is 2.37. The van der Waals surface area contributed by atoms with Gasteiger partial charge in [-0.1, -0.05) is 20.8 Å². The molecule has 0 rings (SSSR count). The van der Waals surface area contributed by atoms with E-state index in [9.17, 15) is 0 Å². The molecular weight excluding hydrogens is 170 g/mol. The summed E-state index contributed by atoms with van der Waals surface area (Å²) in [6.07, 6.45) is 1.28. The van der Waals surface area contributed by atoms with Gasteiger partial charge in [-0.15, -0.1) is 11.6 Å². The molecule has 0 amide bonds. The van der Waals surface area contributed by atoms with Crippen LogP contribution in [0.15, 0.2) is 0 Å². The second-order valence-electron chi connectivity index (χ2n) is 4.20. The van der Waals surface area contributed by atoms with Crippen LogP contribution in [-0.2, 0) is 0 Å². The minimum Gasteiger partial charge on any atom is -0.306 e. The van der Waals surface area contributed by atoms with E-state index in [-0.39, 0.29) is 0 Å². The van der Waals surface area contributed by atoms with Crippen LogP contribution in [0.25, 0.3) is 0 Å².